The molecular formula is C16H30N4O3. The van der Waals surface area contributed by atoms with Gasteiger partial charge in [-0.1, -0.05) is 6.42 Å². The fraction of sp³-hybridized carbons (Fsp3) is 0.812. The van der Waals surface area contributed by atoms with Crippen LogP contribution in [-0.2, 0) is 14.4 Å². The number of hydrogen-bond donors (Lipinski definition) is 3. The Morgan fingerprint density at radius 3 is 2.74 bits per heavy atom. The number of carbonyl (C=O) groups is 3. The van der Waals surface area contributed by atoms with E-state index in [0.29, 0.717) is 13.0 Å². The van der Waals surface area contributed by atoms with E-state index in [-0.39, 0.29) is 30.7 Å². The maximum absolute atomic E-state index is 12.2. The van der Waals surface area contributed by atoms with Crippen molar-refractivity contribution in [1.29, 1.82) is 0 Å². The van der Waals surface area contributed by atoms with Gasteiger partial charge in [0.1, 0.15) is 6.29 Å². The van der Waals surface area contributed by atoms with Gasteiger partial charge < -0.3 is 21.6 Å². The molecule has 1 aliphatic rings. The van der Waals surface area contributed by atoms with Crippen LogP contribution in [0.3, 0.4) is 0 Å². The molecule has 0 saturated carbocycles. The molecule has 23 heavy (non-hydrogen) atoms. The lowest BCUT2D eigenvalue weighted by Crippen LogP contribution is -2.46. The lowest BCUT2D eigenvalue weighted by molar-refractivity contribution is -0.123. The highest BCUT2D eigenvalue weighted by atomic mass is 16.1. The van der Waals surface area contributed by atoms with Crippen LogP contribution in [0, 0.1) is 0 Å². The van der Waals surface area contributed by atoms with Crippen molar-refractivity contribution in [3.63, 3.8) is 0 Å². The van der Waals surface area contributed by atoms with E-state index in [1.165, 1.54) is 0 Å². The van der Waals surface area contributed by atoms with Crippen molar-refractivity contribution in [2.24, 2.45) is 11.5 Å². The van der Waals surface area contributed by atoms with Crippen molar-refractivity contribution < 1.29 is 14.4 Å². The number of rotatable bonds is 12. The van der Waals surface area contributed by atoms with Crippen LogP contribution in [0.2, 0.25) is 0 Å². The van der Waals surface area contributed by atoms with E-state index in [2.05, 4.69) is 5.32 Å². The molecule has 0 aromatic carbocycles. The minimum atomic E-state index is -0.505. The van der Waals surface area contributed by atoms with Gasteiger partial charge in [-0.05, 0) is 45.7 Å². The normalized spacial score (nSPS) is 21.1. The van der Waals surface area contributed by atoms with Gasteiger partial charge in [0.15, 0.2) is 11.6 Å². The van der Waals surface area contributed by atoms with Crippen molar-refractivity contribution in [3.8, 4) is 0 Å². The zero-order valence-electron chi connectivity index (χ0n) is 14.0. The lowest BCUT2D eigenvalue weighted by Gasteiger charge is -2.21. The summed E-state index contributed by atoms with van der Waals surface area (Å²) in [4.78, 5) is 36.9. The molecule has 3 atom stereocenters. The number of nitrogens with one attached hydrogen (secondary N) is 1. The first kappa shape index (κ1) is 19.9. The Hall–Kier alpha value is -1.15. The van der Waals surface area contributed by atoms with Gasteiger partial charge >= 0.3 is 0 Å². The third-order valence-corrected chi connectivity index (χ3v) is 4.38. The van der Waals surface area contributed by atoms with E-state index in [0.717, 1.165) is 38.5 Å². The van der Waals surface area contributed by atoms with Crippen LogP contribution >= 0.6 is 0 Å². The highest BCUT2D eigenvalue weighted by Crippen LogP contribution is 2.14. The van der Waals surface area contributed by atoms with Crippen LogP contribution in [0.15, 0.2) is 0 Å². The average Bonchev–Trinajstić information content (AvgIpc) is 2.99. The van der Waals surface area contributed by atoms with Crippen LogP contribution in [0.4, 0.5) is 0 Å². The number of Topliss-reactive ketones (excluding diaryl/α,β-unsaturated/α-hetero) is 2. The van der Waals surface area contributed by atoms with Gasteiger partial charge in [-0.3, -0.25) is 14.5 Å². The molecule has 1 saturated heterocycles. The first-order valence-electron chi connectivity index (χ1n) is 8.43. The molecule has 1 aliphatic heterocycles. The molecule has 0 aromatic rings. The molecule has 0 amide bonds. The monoisotopic (exact) mass is 326 g/mol. The zero-order chi connectivity index (χ0) is 17.2. The highest BCUT2D eigenvalue weighted by molar-refractivity contribution is 5.88. The summed E-state index contributed by atoms with van der Waals surface area (Å²) in [5.41, 5.74) is 11.2. The molecule has 1 heterocycles. The molecule has 1 rings (SSSR count). The zero-order valence-corrected chi connectivity index (χ0v) is 14.0. The van der Waals surface area contributed by atoms with Crippen molar-refractivity contribution >= 4 is 17.9 Å². The molecule has 0 aromatic heterocycles. The van der Waals surface area contributed by atoms with E-state index >= 15 is 0 Å². The van der Waals surface area contributed by atoms with Crippen molar-refractivity contribution in [2.45, 2.75) is 57.2 Å². The predicted octanol–water partition coefficient (Wildman–Crippen LogP) is -0.778. The summed E-state index contributed by atoms with van der Waals surface area (Å²) in [7, 11) is 0. The number of nitrogens with zero attached hydrogens (tertiary/aromatic N) is 1. The van der Waals surface area contributed by atoms with Crippen LogP contribution < -0.4 is 16.8 Å². The van der Waals surface area contributed by atoms with Crippen molar-refractivity contribution in [2.75, 3.05) is 26.2 Å². The van der Waals surface area contributed by atoms with E-state index in [1.807, 2.05) is 4.90 Å². The summed E-state index contributed by atoms with van der Waals surface area (Å²) >= 11 is 0. The minimum Gasteiger partial charge on any atom is -0.330 e. The Morgan fingerprint density at radius 1 is 1.35 bits per heavy atom. The second-order valence-electron chi connectivity index (χ2n) is 6.24. The lowest BCUT2D eigenvalue weighted by atomic mass is 10.1. The van der Waals surface area contributed by atoms with Gasteiger partial charge in [-0.2, -0.15) is 0 Å². The van der Waals surface area contributed by atoms with Crippen LogP contribution in [-0.4, -0.2) is 67.1 Å². The molecule has 7 heteroatoms. The minimum absolute atomic E-state index is 0.0109. The number of carbonyl (C=O) groups excluding carboxylic acids is 3. The Bertz CT molecular complexity index is 403. The molecule has 0 unspecified atom stereocenters. The highest BCUT2D eigenvalue weighted by Gasteiger charge is 2.27. The third-order valence-electron chi connectivity index (χ3n) is 4.38. The number of hydrogen-bond acceptors (Lipinski definition) is 7. The van der Waals surface area contributed by atoms with Crippen LogP contribution in [0.1, 0.15) is 39.0 Å². The molecule has 0 bridgehead atoms. The summed E-state index contributed by atoms with van der Waals surface area (Å²) in [5.74, 6) is -0.100. The fourth-order valence-corrected chi connectivity index (χ4v) is 2.71. The third kappa shape index (κ3) is 6.87. The number of aldehydes is 1. The standard InChI is InChI=1S/C16H30N4O3/c1-12(16(23)10-20-8-4-5-13(20)11-21)19-9-15(22)14(18)6-2-3-7-17/h11-14,19H,2-10,17-18H2,1H3/t12-,13-,14-/m0/s1. The quantitative estimate of drug-likeness (QED) is 0.318. The van der Waals surface area contributed by atoms with Gasteiger partial charge in [0.2, 0.25) is 0 Å². The summed E-state index contributed by atoms with van der Waals surface area (Å²) in [6.07, 6.45) is 4.97. The summed E-state index contributed by atoms with van der Waals surface area (Å²) in [6.45, 7) is 3.44. The van der Waals surface area contributed by atoms with Gasteiger partial charge in [0.25, 0.3) is 0 Å². The molecule has 0 spiro atoms. The number of likely N-dealkylation sites (tertiary alicyclic amines) is 1. The van der Waals surface area contributed by atoms with Gasteiger partial charge in [0.05, 0.1) is 31.2 Å². The van der Waals surface area contributed by atoms with Crippen molar-refractivity contribution in [3.05, 3.63) is 0 Å². The smallest absolute Gasteiger partial charge is 0.163 e. The molecule has 0 radical (unpaired) electrons. The van der Waals surface area contributed by atoms with Gasteiger partial charge in [-0.15, -0.1) is 0 Å². The van der Waals surface area contributed by atoms with Gasteiger partial charge in [0, 0.05) is 0 Å². The van der Waals surface area contributed by atoms with E-state index < -0.39 is 12.1 Å². The van der Waals surface area contributed by atoms with Crippen LogP contribution in [0.25, 0.3) is 0 Å². The van der Waals surface area contributed by atoms with E-state index in [4.69, 9.17) is 11.5 Å². The molecule has 132 valence electrons. The second kappa shape index (κ2) is 10.6. The molecule has 1 fully saturated rings. The number of nitrogens with two attached hydrogens (primary N) is 2. The summed E-state index contributed by atoms with van der Waals surface area (Å²) in [5, 5.41) is 2.94. The molecule has 0 aliphatic carbocycles. The number of unbranched alkanes of at least 4 members (excludes halogenated alkanes) is 1. The first-order valence-corrected chi connectivity index (χ1v) is 8.43. The first-order chi connectivity index (χ1) is 11.0. The average molecular weight is 326 g/mol. The topological polar surface area (TPSA) is 119 Å². The number of ketones is 2. The van der Waals surface area contributed by atoms with E-state index in [1.54, 1.807) is 6.92 Å². The molecular weight excluding hydrogens is 296 g/mol. The predicted molar refractivity (Wildman–Crippen MR) is 89.0 cm³/mol. The molecule has 5 N–H and O–H groups in total. The summed E-state index contributed by atoms with van der Waals surface area (Å²) in [6, 6.07) is -1.08. The van der Waals surface area contributed by atoms with Crippen LogP contribution in [0.5, 0.6) is 0 Å². The maximum Gasteiger partial charge on any atom is 0.163 e. The SMILES string of the molecule is C[C@H](NCC(=O)[C@@H](N)CCCCN)C(=O)CN1CCC[C@H]1C=O. The fourth-order valence-electron chi connectivity index (χ4n) is 2.71. The van der Waals surface area contributed by atoms with Gasteiger partial charge in [-0.25, -0.2) is 0 Å². The Kier molecular flexibility index (Phi) is 9.16. The maximum atomic E-state index is 12.2. The summed E-state index contributed by atoms with van der Waals surface area (Å²) < 4.78 is 0. The van der Waals surface area contributed by atoms with E-state index in [9.17, 15) is 14.4 Å². The molecule has 7 nitrogen and oxygen atoms in total. The second-order valence-corrected chi connectivity index (χ2v) is 6.24. The largest absolute Gasteiger partial charge is 0.330 e. The Balaban J connectivity index is 2.29. The Labute approximate surface area is 138 Å². The van der Waals surface area contributed by atoms with Crippen molar-refractivity contribution in [1.82, 2.24) is 10.2 Å². The Morgan fingerprint density at radius 2 is 2.09 bits per heavy atom.